The van der Waals surface area contributed by atoms with E-state index in [1.807, 2.05) is 0 Å². The number of guanidine groups is 2. The predicted octanol–water partition coefficient (Wildman–Crippen LogP) is 1.51. The molecule has 0 amide bonds. The predicted molar refractivity (Wildman–Crippen MR) is 86.3 cm³/mol. The Hall–Kier alpha value is -1.75. The average molecular weight is 296 g/mol. The Kier molecular flexibility index (Phi) is 6.31. The number of rotatable bonds is 5. The topological polar surface area (TPSA) is 103 Å². The van der Waals surface area contributed by atoms with Crippen LogP contribution < -0.4 is 17.2 Å². The lowest BCUT2D eigenvalue weighted by Gasteiger charge is -2.02. The maximum Gasteiger partial charge on any atom is 0.218 e. The molecule has 6 N–H and O–H groups in total. The fraction of sp³-hybridized carbons (Fsp3) is 0.429. The van der Waals surface area contributed by atoms with Crippen LogP contribution in [0.25, 0.3) is 0 Å². The van der Waals surface area contributed by atoms with E-state index >= 15 is 0 Å². The summed E-state index contributed by atoms with van der Waals surface area (Å²) in [4.78, 5) is 7.74. The summed E-state index contributed by atoms with van der Waals surface area (Å²) in [5, 5.41) is 0. The summed E-state index contributed by atoms with van der Waals surface area (Å²) in [6.07, 6.45) is 4.61. The maximum atomic E-state index is 5.52. The fourth-order valence-electron chi connectivity index (χ4n) is 2.02. The normalized spacial score (nSPS) is 14.5. The van der Waals surface area contributed by atoms with E-state index < -0.39 is 0 Å². The van der Waals surface area contributed by atoms with Crippen molar-refractivity contribution in [1.82, 2.24) is 0 Å². The van der Waals surface area contributed by atoms with Crippen molar-refractivity contribution in [3.63, 3.8) is 0 Å². The molecule has 0 heterocycles. The van der Waals surface area contributed by atoms with Gasteiger partial charge in [-0.15, -0.1) is 12.4 Å². The number of hydrogen-bond donors (Lipinski definition) is 3. The number of nitrogens with zero attached hydrogens (tertiary/aromatic N) is 2. The van der Waals surface area contributed by atoms with Crippen molar-refractivity contribution in [3.8, 4) is 0 Å². The fourth-order valence-corrected chi connectivity index (χ4v) is 2.02. The van der Waals surface area contributed by atoms with E-state index in [0.29, 0.717) is 6.54 Å². The van der Waals surface area contributed by atoms with Crippen molar-refractivity contribution in [2.24, 2.45) is 27.2 Å². The first-order chi connectivity index (χ1) is 9.15. The smallest absolute Gasteiger partial charge is 0.218 e. The minimum atomic E-state index is -0.0584. The highest BCUT2D eigenvalue weighted by atomic mass is 35.5. The number of nitrogens with two attached hydrogens (primary N) is 3. The number of aliphatic imine (C=N–C) groups is 2. The highest BCUT2D eigenvalue weighted by Crippen LogP contribution is 2.39. The molecule has 2 rings (SSSR count). The zero-order chi connectivity index (χ0) is 13.7. The van der Waals surface area contributed by atoms with Gasteiger partial charge in [-0.1, -0.05) is 24.3 Å². The zero-order valence-electron chi connectivity index (χ0n) is 11.5. The van der Waals surface area contributed by atoms with Crippen molar-refractivity contribution in [2.75, 3.05) is 6.54 Å². The first kappa shape index (κ1) is 16.3. The van der Waals surface area contributed by atoms with E-state index in [9.17, 15) is 0 Å². The van der Waals surface area contributed by atoms with Gasteiger partial charge in [-0.2, -0.15) is 4.99 Å². The minimum absolute atomic E-state index is 0. The summed E-state index contributed by atoms with van der Waals surface area (Å²) < 4.78 is 0. The third kappa shape index (κ3) is 5.48. The van der Waals surface area contributed by atoms with Crippen LogP contribution in [0.5, 0.6) is 0 Å². The largest absolute Gasteiger partial charge is 0.370 e. The molecular formula is C14H22ClN5. The summed E-state index contributed by atoms with van der Waals surface area (Å²) in [6.45, 7) is 0.632. The van der Waals surface area contributed by atoms with Gasteiger partial charge in [-0.05, 0) is 42.7 Å². The van der Waals surface area contributed by atoms with Crippen molar-refractivity contribution in [3.05, 3.63) is 35.4 Å². The van der Waals surface area contributed by atoms with Crippen molar-refractivity contribution >= 4 is 24.3 Å². The molecule has 1 aliphatic carbocycles. The van der Waals surface area contributed by atoms with Gasteiger partial charge in [0, 0.05) is 6.54 Å². The Balaban J connectivity index is 0.00000200. The molecular weight excluding hydrogens is 274 g/mol. The van der Waals surface area contributed by atoms with E-state index in [1.165, 1.54) is 24.0 Å². The van der Waals surface area contributed by atoms with Gasteiger partial charge in [0.2, 0.25) is 5.96 Å². The highest BCUT2D eigenvalue weighted by molar-refractivity contribution is 5.92. The number of halogens is 1. The van der Waals surface area contributed by atoms with Crippen LogP contribution in [0.2, 0.25) is 0 Å². The molecule has 20 heavy (non-hydrogen) atoms. The van der Waals surface area contributed by atoms with Gasteiger partial charge >= 0.3 is 0 Å². The van der Waals surface area contributed by atoms with Gasteiger partial charge in [0.15, 0.2) is 5.96 Å². The molecule has 6 heteroatoms. The second kappa shape index (κ2) is 7.75. The SMILES string of the molecule is Cl.NC(N)=NC(N)=NCCCc1ccc(C2CC2)cc1. The van der Waals surface area contributed by atoms with Gasteiger partial charge in [0.25, 0.3) is 0 Å². The molecule has 1 aromatic carbocycles. The van der Waals surface area contributed by atoms with Crippen LogP contribution in [0.15, 0.2) is 34.3 Å². The van der Waals surface area contributed by atoms with Crippen LogP contribution >= 0.6 is 12.4 Å². The van der Waals surface area contributed by atoms with Crippen LogP contribution in [-0.2, 0) is 6.42 Å². The van der Waals surface area contributed by atoms with E-state index in [-0.39, 0.29) is 24.3 Å². The van der Waals surface area contributed by atoms with Crippen LogP contribution in [0.4, 0.5) is 0 Å². The van der Waals surface area contributed by atoms with Crippen LogP contribution in [0.3, 0.4) is 0 Å². The van der Waals surface area contributed by atoms with Gasteiger partial charge in [-0.25, -0.2) is 0 Å². The molecule has 1 aromatic rings. The molecule has 0 aliphatic heterocycles. The summed E-state index contributed by atoms with van der Waals surface area (Å²) in [5.74, 6) is 0.902. The lowest BCUT2D eigenvalue weighted by molar-refractivity contribution is 0.830. The monoisotopic (exact) mass is 295 g/mol. The third-order valence-corrected chi connectivity index (χ3v) is 3.17. The van der Waals surface area contributed by atoms with Gasteiger partial charge < -0.3 is 17.2 Å². The Morgan fingerprint density at radius 1 is 1.10 bits per heavy atom. The second-order valence-electron chi connectivity index (χ2n) is 4.90. The minimum Gasteiger partial charge on any atom is -0.370 e. The third-order valence-electron chi connectivity index (χ3n) is 3.17. The second-order valence-corrected chi connectivity index (χ2v) is 4.90. The molecule has 1 aliphatic rings. The number of hydrogen-bond acceptors (Lipinski definition) is 1. The lowest BCUT2D eigenvalue weighted by atomic mass is 10.1. The Morgan fingerprint density at radius 3 is 2.30 bits per heavy atom. The zero-order valence-corrected chi connectivity index (χ0v) is 12.3. The summed E-state index contributed by atoms with van der Waals surface area (Å²) >= 11 is 0. The Bertz CT molecular complexity index is 473. The molecule has 1 fully saturated rings. The molecule has 0 atom stereocenters. The molecule has 5 nitrogen and oxygen atoms in total. The first-order valence-electron chi connectivity index (χ1n) is 6.63. The van der Waals surface area contributed by atoms with E-state index in [0.717, 1.165) is 18.8 Å². The van der Waals surface area contributed by atoms with E-state index in [4.69, 9.17) is 17.2 Å². The molecule has 0 saturated heterocycles. The maximum absolute atomic E-state index is 5.52. The van der Waals surface area contributed by atoms with Crippen molar-refractivity contribution < 1.29 is 0 Å². The summed E-state index contributed by atoms with van der Waals surface area (Å²) in [6, 6.07) is 8.89. The van der Waals surface area contributed by atoms with E-state index in [1.54, 1.807) is 0 Å². The Morgan fingerprint density at radius 2 is 1.75 bits per heavy atom. The number of benzene rings is 1. The van der Waals surface area contributed by atoms with Crippen LogP contribution in [0.1, 0.15) is 36.3 Å². The van der Waals surface area contributed by atoms with E-state index in [2.05, 4.69) is 34.3 Å². The highest BCUT2D eigenvalue weighted by Gasteiger charge is 2.22. The standard InChI is InChI=1S/C14H21N5.ClH/c15-13(16)19-14(17)18-9-1-2-10-3-5-11(6-4-10)12-7-8-12;/h3-6,12H,1-2,7-9H2,(H6,15,16,17,18,19);1H. The molecule has 0 aromatic heterocycles. The molecule has 0 unspecified atom stereocenters. The summed E-state index contributed by atoms with van der Waals surface area (Å²) in [5.41, 5.74) is 18.7. The van der Waals surface area contributed by atoms with Crippen molar-refractivity contribution in [1.29, 1.82) is 0 Å². The van der Waals surface area contributed by atoms with Crippen molar-refractivity contribution in [2.45, 2.75) is 31.6 Å². The van der Waals surface area contributed by atoms with Gasteiger partial charge in [0.1, 0.15) is 0 Å². The molecule has 110 valence electrons. The molecule has 0 radical (unpaired) electrons. The summed E-state index contributed by atoms with van der Waals surface area (Å²) in [7, 11) is 0. The van der Waals surface area contributed by atoms with Gasteiger partial charge in [-0.3, -0.25) is 4.99 Å². The average Bonchev–Trinajstić information content (AvgIpc) is 3.19. The molecule has 0 spiro atoms. The lowest BCUT2D eigenvalue weighted by Crippen LogP contribution is -2.26. The van der Waals surface area contributed by atoms with Gasteiger partial charge in [0.05, 0.1) is 0 Å². The first-order valence-corrected chi connectivity index (χ1v) is 6.63. The van der Waals surface area contributed by atoms with Crippen LogP contribution in [-0.4, -0.2) is 18.5 Å². The Labute approximate surface area is 125 Å². The molecule has 0 bridgehead atoms. The quantitative estimate of drug-likeness (QED) is 0.436. The molecule has 1 saturated carbocycles. The number of aryl methyl sites for hydroxylation is 1. The van der Waals surface area contributed by atoms with Crippen LogP contribution in [0, 0.1) is 0 Å².